The Morgan fingerprint density at radius 1 is 1.43 bits per heavy atom. The molecule has 4 nitrogen and oxygen atoms in total. The number of nitrogen functional groups attached to an aromatic ring is 1. The van der Waals surface area contributed by atoms with Gasteiger partial charge in [-0.15, -0.1) is 0 Å². The molecule has 1 aliphatic carbocycles. The summed E-state index contributed by atoms with van der Waals surface area (Å²) in [4.78, 5) is 8.62. The van der Waals surface area contributed by atoms with E-state index in [0.29, 0.717) is 17.3 Å². The smallest absolute Gasteiger partial charge is 0.247 e. The lowest BCUT2D eigenvalue weighted by molar-refractivity contribution is 0.524. The van der Waals surface area contributed by atoms with Gasteiger partial charge in [-0.1, -0.05) is 0 Å². The predicted molar refractivity (Wildman–Crippen MR) is 52.9 cm³/mol. The first kappa shape index (κ1) is 7.79. The maximum Gasteiger partial charge on any atom is 0.247 e. The Bertz CT molecular complexity index is 460. The molecular weight excluding hydrogens is 178 g/mol. The van der Waals surface area contributed by atoms with Crippen LogP contribution in [0.1, 0.15) is 30.3 Å². The van der Waals surface area contributed by atoms with Crippen molar-refractivity contribution in [3.05, 3.63) is 17.7 Å². The van der Waals surface area contributed by atoms with Gasteiger partial charge in [0.15, 0.2) is 0 Å². The van der Waals surface area contributed by atoms with Gasteiger partial charge in [-0.2, -0.15) is 0 Å². The Hall–Kier alpha value is -1.58. The van der Waals surface area contributed by atoms with E-state index in [9.17, 15) is 0 Å². The maximum absolute atomic E-state index is 5.74. The van der Waals surface area contributed by atoms with E-state index in [2.05, 4.69) is 9.97 Å². The fourth-order valence-electron chi connectivity index (χ4n) is 1.49. The molecule has 0 atom stereocenters. The van der Waals surface area contributed by atoms with E-state index in [4.69, 9.17) is 10.2 Å². The summed E-state index contributed by atoms with van der Waals surface area (Å²) >= 11 is 0. The van der Waals surface area contributed by atoms with Gasteiger partial charge < -0.3 is 10.2 Å². The minimum atomic E-state index is 0.519. The summed E-state index contributed by atoms with van der Waals surface area (Å²) in [6.07, 6.45) is 2.36. The second-order valence-corrected chi connectivity index (χ2v) is 3.81. The van der Waals surface area contributed by atoms with E-state index in [0.717, 1.165) is 17.1 Å². The number of hydrogen-bond donors (Lipinski definition) is 1. The van der Waals surface area contributed by atoms with Gasteiger partial charge >= 0.3 is 0 Å². The number of aryl methyl sites for hydroxylation is 1. The van der Waals surface area contributed by atoms with Crippen molar-refractivity contribution < 1.29 is 4.42 Å². The van der Waals surface area contributed by atoms with E-state index in [-0.39, 0.29) is 0 Å². The Morgan fingerprint density at radius 3 is 2.93 bits per heavy atom. The molecule has 0 spiro atoms. The molecule has 0 unspecified atom stereocenters. The topological polar surface area (TPSA) is 64.9 Å². The fourth-order valence-corrected chi connectivity index (χ4v) is 1.49. The number of oxazole rings is 1. The second kappa shape index (κ2) is 2.47. The van der Waals surface area contributed by atoms with Crippen LogP contribution < -0.4 is 5.73 Å². The Labute approximate surface area is 81.1 Å². The highest BCUT2D eigenvalue weighted by Crippen LogP contribution is 2.40. The Morgan fingerprint density at radius 2 is 2.21 bits per heavy atom. The van der Waals surface area contributed by atoms with Gasteiger partial charge in [0.1, 0.15) is 5.52 Å². The van der Waals surface area contributed by atoms with Crippen molar-refractivity contribution in [2.45, 2.75) is 25.7 Å². The highest BCUT2D eigenvalue weighted by atomic mass is 16.4. The molecule has 0 saturated heterocycles. The molecule has 0 amide bonds. The number of rotatable bonds is 1. The third-order valence-electron chi connectivity index (χ3n) is 2.56. The molecule has 0 aromatic carbocycles. The van der Waals surface area contributed by atoms with Crippen LogP contribution in [0.3, 0.4) is 0 Å². The van der Waals surface area contributed by atoms with Crippen LogP contribution >= 0.6 is 0 Å². The molecule has 3 rings (SSSR count). The molecule has 0 aliphatic heterocycles. The van der Waals surface area contributed by atoms with E-state index in [1.54, 1.807) is 0 Å². The first-order valence-electron chi connectivity index (χ1n) is 4.77. The summed E-state index contributed by atoms with van der Waals surface area (Å²) in [6.45, 7) is 1.87. The molecule has 2 heterocycles. The van der Waals surface area contributed by atoms with Crippen LogP contribution in [-0.4, -0.2) is 9.97 Å². The molecule has 14 heavy (non-hydrogen) atoms. The molecular formula is C10H11N3O. The van der Waals surface area contributed by atoms with Gasteiger partial charge in [0.25, 0.3) is 0 Å². The van der Waals surface area contributed by atoms with E-state index in [1.165, 1.54) is 12.8 Å². The van der Waals surface area contributed by atoms with Crippen molar-refractivity contribution in [3.8, 4) is 0 Å². The highest BCUT2D eigenvalue weighted by molar-refractivity contribution is 5.73. The Kier molecular flexibility index (Phi) is 1.37. The average molecular weight is 189 g/mol. The first-order chi connectivity index (χ1) is 6.74. The summed E-state index contributed by atoms with van der Waals surface area (Å²) in [7, 11) is 0. The van der Waals surface area contributed by atoms with Crippen molar-refractivity contribution in [3.63, 3.8) is 0 Å². The van der Waals surface area contributed by atoms with Crippen molar-refractivity contribution in [1.29, 1.82) is 0 Å². The number of anilines is 1. The number of pyridine rings is 1. The minimum absolute atomic E-state index is 0.519. The van der Waals surface area contributed by atoms with Gasteiger partial charge in [-0.05, 0) is 25.8 Å². The van der Waals surface area contributed by atoms with Crippen LogP contribution in [0, 0.1) is 6.92 Å². The van der Waals surface area contributed by atoms with Crippen LogP contribution in [0.2, 0.25) is 0 Å². The molecule has 2 aromatic heterocycles. The lowest BCUT2D eigenvalue weighted by atomic mass is 10.3. The van der Waals surface area contributed by atoms with E-state index < -0.39 is 0 Å². The zero-order chi connectivity index (χ0) is 9.71. The third-order valence-corrected chi connectivity index (χ3v) is 2.56. The van der Waals surface area contributed by atoms with Gasteiger partial charge in [0, 0.05) is 5.92 Å². The van der Waals surface area contributed by atoms with Crippen LogP contribution in [0.4, 0.5) is 5.69 Å². The molecule has 4 heteroatoms. The van der Waals surface area contributed by atoms with Gasteiger partial charge in [-0.3, -0.25) is 0 Å². The van der Waals surface area contributed by atoms with Crippen molar-refractivity contribution in [2.24, 2.45) is 0 Å². The van der Waals surface area contributed by atoms with Crippen LogP contribution in [0.15, 0.2) is 10.5 Å². The molecule has 72 valence electrons. The average Bonchev–Trinajstić information content (AvgIpc) is 2.90. The third kappa shape index (κ3) is 1.07. The largest absolute Gasteiger partial charge is 0.422 e. The maximum atomic E-state index is 5.74. The number of aromatic nitrogens is 2. The molecule has 1 aliphatic rings. The Balaban J connectivity index is 2.22. The zero-order valence-electron chi connectivity index (χ0n) is 7.95. The summed E-state index contributed by atoms with van der Waals surface area (Å²) in [6, 6.07) is 1.83. The molecule has 0 radical (unpaired) electrons. The molecule has 2 N–H and O–H groups in total. The van der Waals surface area contributed by atoms with E-state index >= 15 is 0 Å². The van der Waals surface area contributed by atoms with Gasteiger partial charge in [0.2, 0.25) is 11.6 Å². The number of nitrogens with two attached hydrogens (primary N) is 1. The summed E-state index contributed by atoms with van der Waals surface area (Å²) < 4.78 is 5.55. The van der Waals surface area contributed by atoms with Gasteiger partial charge in [0.05, 0.1) is 11.4 Å². The lowest BCUT2D eigenvalue weighted by Crippen LogP contribution is -1.91. The normalized spacial score (nSPS) is 16.4. The summed E-state index contributed by atoms with van der Waals surface area (Å²) in [5.74, 6) is 1.34. The lowest BCUT2D eigenvalue weighted by Gasteiger charge is -1.95. The summed E-state index contributed by atoms with van der Waals surface area (Å²) in [5, 5.41) is 0. The highest BCUT2D eigenvalue weighted by Gasteiger charge is 2.29. The molecule has 1 fully saturated rings. The molecule has 0 bridgehead atoms. The second-order valence-electron chi connectivity index (χ2n) is 3.81. The van der Waals surface area contributed by atoms with Crippen LogP contribution in [-0.2, 0) is 0 Å². The number of fused-ring (bicyclic) bond motifs is 1. The minimum Gasteiger partial charge on any atom is -0.422 e. The number of hydrogen-bond acceptors (Lipinski definition) is 4. The number of nitrogens with zero attached hydrogens (tertiary/aromatic N) is 2. The van der Waals surface area contributed by atoms with Crippen molar-refractivity contribution >= 4 is 16.9 Å². The van der Waals surface area contributed by atoms with Gasteiger partial charge in [-0.25, -0.2) is 9.97 Å². The van der Waals surface area contributed by atoms with Crippen molar-refractivity contribution in [1.82, 2.24) is 9.97 Å². The first-order valence-corrected chi connectivity index (χ1v) is 4.77. The molecule has 2 aromatic rings. The standard InChI is InChI=1S/C10H11N3O/c1-5-7(11)4-8-10(12-5)14-9(13-8)6-2-3-6/h4,6H,2-3,11H2,1H3. The van der Waals surface area contributed by atoms with E-state index in [1.807, 2.05) is 13.0 Å². The quantitative estimate of drug-likeness (QED) is 0.745. The fraction of sp³-hybridized carbons (Fsp3) is 0.400. The van der Waals surface area contributed by atoms with Crippen LogP contribution in [0.25, 0.3) is 11.2 Å². The SMILES string of the molecule is Cc1nc2oc(C3CC3)nc2cc1N. The molecule has 1 saturated carbocycles. The monoisotopic (exact) mass is 189 g/mol. The summed E-state index contributed by atoms with van der Waals surface area (Å²) in [5.41, 5.74) is 8.60. The zero-order valence-corrected chi connectivity index (χ0v) is 7.95. The van der Waals surface area contributed by atoms with Crippen molar-refractivity contribution in [2.75, 3.05) is 5.73 Å². The van der Waals surface area contributed by atoms with Crippen LogP contribution in [0.5, 0.6) is 0 Å². The predicted octanol–water partition coefficient (Wildman–Crippen LogP) is 1.99.